The lowest BCUT2D eigenvalue weighted by molar-refractivity contribution is -0.140. The number of benzene rings is 1. The molecule has 2 aliphatic carbocycles. The summed E-state index contributed by atoms with van der Waals surface area (Å²) in [4.78, 5) is 34.8. The van der Waals surface area contributed by atoms with Crippen molar-refractivity contribution in [3.63, 3.8) is 0 Å². The summed E-state index contributed by atoms with van der Waals surface area (Å²) in [5.74, 6) is -1.58. The number of carbonyl (C=O) groups is 3. The van der Waals surface area contributed by atoms with Crippen LogP contribution in [0.4, 0.5) is 0 Å². The summed E-state index contributed by atoms with van der Waals surface area (Å²) in [5, 5.41) is 14.4. The van der Waals surface area contributed by atoms with Crippen molar-refractivity contribution < 1.29 is 19.5 Å². The van der Waals surface area contributed by atoms with Crippen molar-refractivity contribution in [1.29, 1.82) is 0 Å². The van der Waals surface area contributed by atoms with Crippen LogP contribution in [0.5, 0.6) is 0 Å². The van der Waals surface area contributed by atoms with Gasteiger partial charge in [-0.15, -0.1) is 0 Å². The van der Waals surface area contributed by atoms with Gasteiger partial charge >= 0.3 is 5.97 Å². The summed E-state index contributed by atoms with van der Waals surface area (Å²) in [7, 11) is 0. The predicted octanol–water partition coefficient (Wildman–Crippen LogP) is 0.926. The highest BCUT2D eigenvalue weighted by molar-refractivity contribution is 6.00. The molecule has 6 nitrogen and oxygen atoms in total. The standard InChI is InChI=1S/C15H16N2O4/c18-12(16-11-5-6-11)9-1-3-10(4-2-9)13(19)17-15(7-8-15)14(20)21/h1-4,11H,5-8H2,(H,16,18)(H,17,19)(H,20,21). The van der Waals surface area contributed by atoms with E-state index in [9.17, 15) is 14.4 Å². The van der Waals surface area contributed by atoms with Gasteiger partial charge in [-0.2, -0.15) is 0 Å². The lowest BCUT2D eigenvalue weighted by Gasteiger charge is -2.12. The van der Waals surface area contributed by atoms with Crippen molar-refractivity contribution >= 4 is 17.8 Å². The van der Waals surface area contributed by atoms with Crippen LogP contribution in [0.1, 0.15) is 46.4 Å². The van der Waals surface area contributed by atoms with Crippen molar-refractivity contribution in [2.45, 2.75) is 37.3 Å². The molecule has 2 aliphatic rings. The van der Waals surface area contributed by atoms with E-state index in [0.717, 1.165) is 12.8 Å². The third-order valence-electron chi connectivity index (χ3n) is 3.83. The van der Waals surface area contributed by atoms with E-state index in [1.165, 1.54) is 12.1 Å². The van der Waals surface area contributed by atoms with Crippen LogP contribution >= 0.6 is 0 Å². The molecule has 0 aromatic heterocycles. The van der Waals surface area contributed by atoms with E-state index in [1.54, 1.807) is 12.1 Å². The molecule has 6 heteroatoms. The first kappa shape index (κ1) is 13.6. The molecule has 3 N–H and O–H groups in total. The van der Waals surface area contributed by atoms with Crippen LogP contribution in [0, 0.1) is 0 Å². The number of hydrogen-bond donors (Lipinski definition) is 3. The zero-order valence-electron chi connectivity index (χ0n) is 11.4. The maximum atomic E-state index is 12.0. The Labute approximate surface area is 121 Å². The summed E-state index contributed by atoms with van der Waals surface area (Å²) in [6.45, 7) is 0. The van der Waals surface area contributed by atoms with E-state index in [2.05, 4.69) is 10.6 Å². The first-order chi connectivity index (χ1) is 10.00. The molecule has 2 fully saturated rings. The summed E-state index contributed by atoms with van der Waals surface area (Å²) < 4.78 is 0. The molecule has 0 unspecified atom stereocenters. The van der Waals surface area contributed by atoms with Crippen molar-refractivity contribution in [3.05, 3.63) is 35.4 Å². The molecule has 0 bridgehead atoms. The van der Waals surface area contributed by atoms with Crippen molar-refractivity contribution in [2.75, 3.05) is 0 Å². The molecule has 1 aromatic carbocycles. The van der Waals surface area contributed by atoms with E-state index in [-0.39, 0.29) is 11.9 Å². The first-order valence-corrected chi connectivity index (χ1v) is 6.97. The number of carboxylic acids is 1. The number of aliphatic carboxylic acids is 1. The molecule has 1 aromatic rings. The van der Waals surface area contributed by atoms with Gasteiger partial charge in [-0.05, 0) is 49.9 Å². The van der Waals surface area contributed by atoms with E-state index < -0.39 is 17.4 Å². The molecule has 2 amide bonds. The average Bonchev–Trinajstić information content (AvgIpc) is 3.35. The fraction of sp³-hybridized carbons (Fsp3) is 0.400. The Kier molecular flexibility index (Phi) is 3.16. The van der Waals surface area contributed by atoms with Gasteiger partial charge in [0, 0.05) is 17.2 Å². The molecule has 21 heavy (non-hydrogen) atoms. The molecule has 2 saturated carbocycles. The van der Waals surface area contributed by atoms with Crippen LogP contribution in [0.15, 0.2) is 24.3 Å². The largest absolute Gasteiger partial charge is 0.480 e. The van der Waals surface area contributed by atoms with Crippen LogP contribution in [0.25, 0.3) is 0 Å². The fourth-order valence-electron chi connectivity index (χ4n) is 2.08. The van der Waals surface area contributed by atoms with Gasteiger partial charge in [-0.25, -0.2) is 4.79 Å². The fourth-order valence-corrected chi connectivity index (χ4v) is 2.08. The van der Waals surface area contributed by atoms with Crippen molar-refractivity contribution in [1.82, 2.24) is 10.6 Å². The van der Waals surface area contributed by atoms with Gasteiger partial charge in [0.05, 0.1) is 0 Å². The second kappa shape index (κ2) is 4.87. The van der Waals surface area contributed by atoms with Crippen LogP contribution in [-0.2, 0) is 4.79 Å². The first-order valence-electron chi connectivity index (χ1n) is 6.97. The van der Waals surface area contributed by atoms with Crippen LogP contribution in [0.2, 0.25) is 0 Å². The third kappa shape index (κ3) is 2.89. The number of carbonyl (C=O) groups excluding carboxylic acids is 2. The molecule has 0 atom stereocenters. The minimum atomic E-state index is -1.10. The van der Waals surface area contributed by atoms with Gasteiger partial charge in [-0.3, -0.25) is 9.59 Å². The van der Waals surface area contributed by atoms with E-state index >= 15 is 0 Å². The monoisotopic (exact) mass is 288 g/mol. The highest BCUT2D eigenvalue weighted by Crippen LogP contribution is 2.35. The minimum Gasteiger partial charge on any atom is -0.480 e. The molecule has 0 radical (unpaired) electrons. The lowest BCUT2D eigenvalue weighted by atomic mass is 10.1. The zero-order chi connectivity index (χ0) is 15.0. The maximum absolute atomic E-state index is 12.0. The number of rotatable bonds is 5. The smallest absolute Gasteiger partial charge is 0.329 e. The minimum absolute atomic E-state index is 0.145. The quantitative estimate of drug-likeness (QED) is 0.751. The summed E-state index contributed by atoms with van der Waals surface area (Å²) >= 11 is 0. The van der Waals surface area contributed by atoms with Gasteiger partial charge in [0.1, 0.15) is 5.54 Å². The summed E-state index contributed by atoms with van der Waals surface area (Å²) in [5.41, 5.74) is -0.248. The second-order valence-electron chi connectivity index (χ2n) is 5.67. The van der Waals surface area contributed by atoms with E-state index in [1.807, 2.05) is 0 Å². The van der Waals surface area contributed by atoms with Crippen LogP contribution in [0.3, 0.4) is 0 Å². The van der Waals surface area contributed by atoms with Gasteiger partial charge in [0.25, 0.3) is 11.8 Å². The molecular formula is C15H16N2O4. The number of nitrogens with one attached hydrogen (secondary N) is 2. The zero-order valence-corrected chi connectivity index (χ0v) is 11.4. The highest BCUT2D eigenvalue weighted by atomic mass is 16.4. The SMILES string of the molecule is O=C(NC1CC1)c1ccc(C(=O)NC2(C(=O)O)CC2)cc1. The van der Waals surface area contributed by atoms with Crippen molar-refractivity contribution in [2.24, 2.45) is 0 Å². The Balaban J connectivity index is 1.64. The van der Waals surface area contributed by atoms with Gasteiger partial charge < -0.3 is 15.7 Å². The van der Waals surface area contributed by atoms with Crippen LogP contribution in [-0.4, -0.2) is 34.5 Å². The Hall–Kier alpha value is -2.37. The van der Waals surface area contributed by atoms with Gasteiger partial charge in [0.2, 0.25) is 0 Å². The molecule has 0 saturated heterocycles. The Morgan fingerprint density at radius 2 is 1.52 bits per heavy atom. The summed E-state index contributed by atoms with van der Waals surface area (Å²) in [6, 6.07) is 6.51. The molecule has 3 rings (SSSR count). The number of amides is 2. The van der Waals surface area contributed by atoms with Gasteiger partial charge in [-0.1, -0.05) is 0 Å². The molecule has 0 heterocycles. The van der Waals surface area contributed by atoms with E-state index in [0.29, 0.717) is 24.0 Å². The summed E-state index contributed by atoms with van der Waals surface area (Å²) in [6.07, 6.45) is 2.94. The molecular weight excluding hydrogens is 272 g/mol. The normalized spacial score (nSPS) is 18.7. The molecule has 110 valence electrons. The van der Waals surface area contributed by atoms with Gasteiger partial charge in [0.15, 0.2) is 0 Å². The van der Waals surface area contributed by atoms with Crippen LogP contribution < -0.4 is 10.6 Å². The second-order valence-corrected chi connectivity index (χ2v) is 5.67. The topological polar surface area (TPSA) is 95.5 Å². The highest BCUT2D eigenvalue weighted by Gasteiger charge is 2.51. The lowest BCUT2D eigenvalue weighted by Crippen LogP contribution is -2.43. The van der Waals surface area contributed by atoms with E-state index in [4.69, 9.17) is 5.11 Å². The average molecular weight is 288 g/mol. The predicted molar refractivity (Wildman–Crippen MR) is 74.0 cm³/mol. The number of carboxylic acid groups (broad SMARTS) is 1. The third-order valence-corrected chi connectivity index (χ3v) is 3.83. The number of hydrogen-bond acceptors (Lipinski definition) is 3. The van der Waals surface area contributed by atoms with Crippen molar-refractivity contribution in [3.8, 4) is 0 Å². The molecule has 0 aliphatic heterocycles. The Morgan fingerprint density at radius 1 is 1.00 bits per heavy atom. The molecule has 0 spiro atoms. The Bertz CT molecular complexity index is 601. The Morgan fingerprint density at radius 3 is 1.95 bits per heavy atom. The maximum Gasteiger partial charge on any atom is 0.329 e.